The fourth-order valence-corrected chi connectivity index (χ4v) is 4.26. The number of carbonyl (C=O) groups is 1. The first-order chi connectivity index (χ1) is 19.6. The summed E-state index contributed by atoms with van der Waals surface area (Å²) in [5.74, 6) is -1.39. The second-order valence-electron chi connectivity index (χ2n) is 9.30. The molecule has 0 bridgehead atoms. The largest absolute Gasteiger partial charge is 0.432 e. The normalized spacial score (nSPS) is 16.7. The number of rotatable bonds is 12. The number of hydrogen-bond donors (Lipinski definition) is 8. The van der Waals surface area contributed by atoms with Crippen molar-refractivity contribution in [3.8, 4) is 34.2 Å². The van der Waals surface area contributed by atoms with E-state index in [9.17, 15) is 40.5 Å². The zero-order valence-corrected chi connectivity index (χ0v) is 21.6. The first kappa shape index (κ1) is 29.8. The zero-order chi connectivity index (χ0) is 29.7. The number of nitrogens with two attached hydrogens (primary N) is 1. The Morgan fingerprint density at radius 2 is 1.12 bits per heavy atom. The van der Waals surface area contributed by atoms with E-state index >= 15 is 0 Å². The Kier molecular flexibility index (Phi) is 9.47. The van der Waals surface area contributed by atoms with Crippen LogP contribution in [0.4, 0.5) is 0 Å². The number of primary amides is 1. The molecule has 41 heavy (non-hydrogen) atoms. The number of ether oxygens (including phenoxy) is 1. The van der Waals surface area contributed by atoms with Gasteiger partial charge in [0, 0.05) is 11.1 Å². The molecule has 0 saturated carbocycles. The number of carbonyl (C=O) groups excluding carboxylic acids is 1. The number of hydrogen-bond acceptors (Lipinski definition) is 10. The lowest BCUT2D eigenvalue weighted by Gasteiger charge is -2.31. The van der Waals surface area contributed by atoms with Crippen molar-refractivity contribution in [2.24, 2.45) is 5.73 Å². The standard InChI is InChI=1S/C29H31N3O9/c30-27(39)25(37)23(35)21(33)22(34)24(36)26(38)28(40)41-29-31-19(16-10-4-1-5-11-16)20(17-12-6-2-7-13-17)32(29)18-14-8-3-9-15-18/h1-15,21-26,28,33-38,40H,(H2,30,39). The van der Waals surface area contributed by atoms with Crippen molar-refractivity contribution in [3.05, 3.63) is 91.0 Å². The van der Waals surface area contributed by atoms with Crippen molar-refractivity contribution < 1.29 is 45.3 Å². The minimum absolute atomic E-state index is 0.174. The Bertz CT molecular complexity index is 1420. The average Bonchev–Trinajstić information content (AvgIpc) is 3.38. The van der Waals surface area contributed by atoms with Crippen LogP contribution >= 0.6 is 0 Å². The molecule has 0 fully saturated rings. The summed E-state index contributed by atoms with van der Waals surface area (Å²) < 4.78 is 7.25. The first-order valence-corrected chi connectivity index (χ1v) is 12.6. The lowest BCUT2D eigenvalue weighted by molar-refractivity contribution is -0.195. The van der Waals surface area contributed by atoms with Crippen LogP contribution in [0.3, 0.4) is 0 Å². The molecule has 0 aliphatic carbocycles. The minimum atomic E-state index is -2.33. The van der Waals surface area contributed by atoms with Gasteiger partial charge in [0.05, 0.1) is 11.4 Å². The van der Waals surface area contributed by atoms with Gasteiger partial charge in [-0.3, -0.25) is 9.36 Å². The van der Waals surface area contributed by atoms with Gasteiger partial charge in [0.2, 0.25) is 12.2 Å². The number of aliphatic hydroxyl groups is 7. The van der Waals surface area contributed by atoms with Crippen molar-refractivity contribution in [1.82, 2.24) is 9.55 Å². The number of imidazole rings is 1. The van der Waals surface area contributed by atoms with Crippen LogP contribution in [0.2, 0.25) is 0 Å². The van der Waals surface area contributed by atoms with Crippen LogP contribution in [0, 0.1) is 0 Å². The van der Waals surface area contributed by atoms with E-state index in [0.717, 1.165) is 11.1 Å². The predicted octanol–water partition coefficient (Wildman–Crippen LogP) is -0.446. The molecule has 4 aromatic rings. The molecule has 1 aromatic heterocycles. The minimum Gasteiger partial charge on any atom is -0.432 e. The molecule has 1 heterocycles. The maximum Gasteiger partial charge on any atom is 0.304 e. The number of para-hydroxylation sites is 1. The molecule has 0 aliphatic rings. The smallest absolute Gasteiger partial charge is 0.304 e. The number of aliphatic hydroxyl groups excluding tert-OH is 7. The number of amides is 1. The van der Waals surface area contributed by atoms with Crippen molar-refractivity contribution in [1.29, 1.82) is 0 Å². The summed E-state index contributed by atoms with van der Waals surface area (Å²) in [6.45, 7) is 0. The Hall–Kier alpha value is -4.14. The van der Waals surface area contributed by atoms with Crippen molar-refractivity contribution in [3.63, 3.8) is 0 Å². The highest BCUT2D eigenvalue weighted by Gasteiger charge is 2.41. The summed E-state index contributed by atoms with van der Waals surface area (Å²) in [6, 6.07) is 27.2. The van der Waals surface area contributed by atoms with Crippen LogP contribution in [0.25, 0.3) is 28.2 Å². The van der Waals surface area contributed by atoms with Gasteiger partial charge in [-0.05, 0) is 12.1 Å². The molecule has 0 saturated heterocycles. The fourth-order valence-electron chi connectivity index (χ4n) is 4.26. The van der Waals surface area contributed by atoms with E-state index in [4.69, 9.17) is 10.5 Å². The van der Waals surface area contributed by atoms with E-state index in [1.807, 2.05) is 66.7 Å². The predicted molar refractivity (Wildman–Crippen MR) is 146 cm³/mol. The molecular weight excluding hydrogens is 534 g/mol. The van der Waals surface area contributed by atoms with E-state index in [1.165, 1.54) is 0 Å². The topological polar surface area (TPSA) is 212 Å². The fraction of sp³-hybridized carbons (Fsp3) is 0.241. The maximum absolute atomic E-state index is 11.1. The van der Waals surface area contributed by atoms with Crippen LogP contribution in [0.15, 0.2) is 91.0 Å². The second-order valence-corrected chi connectivity index (χ2v) is 9.30. The summed E-state index contributed by atoms with van der Waals surface area (Å²) in [5.41, 5.74) is 8.04. The average molecular weight is 566 g/mol. The monoisotopic (exact) mass is 565 g/mol. The Labute approximate surface area is 234 Å². The van der Waals surface area contributed by atoms with E-state index in [1.54, 1.807) is 28.8 Å². The third-order valence-corrected chi connectivity index (χ3v) is 6.49. The molecule has 4 rings (SSSR count). The molecule has 3 aromatic carbocycles. The molecule has 0 aliphatic heterocycles. The molecule has 7 atom stereocenters. The molecule has 216 valence electrons. The van der Waals surface area contributed by atoms with Crippen LogP contribution in [0.1, 0.15) is 0 Å². The van der Waals surface area contributed by atoms with Crippen molar-refractivity contribution in [2.45, 2.75) is 42.9 Å². The lowest BCUT2D eigenvalue weighted by Crippen LogP contribution is -2.56. The summed E-state index contributed by atoms with van der Waals surface area (Å²) in [5, 5.41) is 71.6. The third kappa shape index (κ3) is 6.45. The maximum atomic E-state index is 11.1. The van der Waals surface area contributed by atoms with Gasteiger partial charge in [0.1, 0.15) is 36.2 Å². The highest BCUT2D eigenvalue weighted by Crippen LogP contribution is 2.38. The summed E-state index contributed by atoms with van der Waals surface area (Å²) in [7, 11) is 0. The molecule has 12 nitrogen and oxygen atoms in total. The van der Waals surface area contributed by atoms with Gasteiger partial charge in [-0.25, -0.2) is 0 Å². The van der Waals surface area contributed by atoms with E-state index in [0.29, 0.717) is 17.1 Å². The summed E-state index contributed by atoms with van der Waals surface area (Å²) in [4.78, 5) is 15.7. The van der Waals surface area contributed by atoms with Crippen LogP contribution in [-0.2, 0) is 4.79 Å². The Morgan fingerprint density at radius 1 is 0.659 bits per heavy atom. The number of nitrogens with zero attached hydrogens (tertiary/aromatic N) is 2. The van der Waals surface area contributed by atoms with E-state index in [2.05, 4.69) is 4.98 Å². The van der Waals surface area contributed by atoms with Crippen LogP contribution < -0.4 is 10.5 Å². The SMILES string of the molecule is NC(=O)C(O)C(O)C(O)C(O)C(O)C(O)C(O)Oc1nc(-c2ccccc2)c(-c2ccccc2)n1-c1ccccc1. The molecule has 0 spiro atoms. The van der Waals surface area contributed by atoms with Gasteiger partial charge in [0.15, 0.2) is 6.10 Å². The van der Waals surface area contributed by atoms with Crippen molar-refractivity contribution >= 4 is 5.91 Å². The molecule has 1 amide bonds. The van der Waals surface area contributed by atoms with Crippen LogP contribution in [-0.4, -0.2) is 94.1 Å². The molecular formula is C29H31N3O9. The van der Waals surface area contributed by atoms with Gasteiger partial charge >= 0.3 is 6.01 Å². The molecule has 0 radical (unpaired) electrons. The lowest BCUT2D eigenvalue weighted by atomic mass is 9.96. The first-order valence-electron chi connectivity index (χ1n) is 12.6. The van der Waals surface area contributed by atoms with Gasteiger partial charge in [0.25, 0.3) is 0 Å². The van der Waals surface area contributed by atoms with Gasteiger partial charge in [-0.15, -0.1) is 0 Å². The van der Waals surface area contributed by atoms with Gasteiger partial charge in [-0.2, -0.15) is 4.98 Å². The van der Waals surface area contributed by atoms with E-state index < -0.39 is 48.8 Å². The molecule has 9 N–H and O–H groups in total. The third-order valence-electron chi connectivity index (χ3n) is 6.49. The van der Waals surface area contributed by atoms with Crippen LogP contribution in [0.5, 0.6) is 6.01 Å². The van der Waals surface area contributed by atoms with E-state index in [-0.39, 0.29) is 6.01 Å². The Balaban J connectivity index is 1.72. The van der Waals surface area contributed by atoms with Gasteiger partial charge in [-0.1, -0.05) is 78.9 Å². The molecule has 7 unspecified atom stereocenters. The quantitative estimate of drug-likeness (QED) is 0.104. The highest BCUT2D eigenvalue weighted by molar-refractivity contribution is 5.81. The number of aromatic nitrogens is 2. The summed E-state index contributed by atoms with van der Waals surface area (Å²) >= 11 is 0. The molecule has 12 heteroatoms. The van der Waals surface area contributed by atoms with Crippen molar-refractivity contribution in [2.75, 3.05) is 0 Å². The number of benzene rings is 3. The highest BCUT2D eigenvalue weighted by atomic mass is 16.6. The zero-order valence-electron chi connectivity index (χ0n) is 21.6. The van der Waals surface area contributed by atoms with Gasteiger partial charge < -0.3 is 46.2 Å². The second kappa shape index (κ2) is 13.0. The summed E-state index contributed by atoms with van der Waals surface area (Å²) in [6.07, 6.45) is -16.0. The Morgan fingerprint density at radius 3 is 1.66 bits per heavy atom.